The van der Waals surface area contributed by atoms with Crippen LogP contribution >= 0.6 is 0 Å². The van der Waals surface area contributed by atoms with Crippen molar-refractivity contribution in [2.75, 3.05) is 19.7 Å². The minimum atomic E-state index is -0.451. The zero-order valence-corrected chi connectivity index (χ0v) is 29.9. The molecule has 5 amide bonds. The van der Waals surface area contributed by atoms with Crippen molar-refractivity contribution in [3.63, 3.8) is 0 Å². The third kappa shape index (κ3) is 14.4. The number of nitrogens with one attached hydrogen (secondary N) is 5. The van der Waals surface area contributed by atoms with Gasteiger partial charge in [-0.3, -0.25) is 24.0 Å². The quantitative estimate of drug-likeness (QED) is 0.168. The maximum Gasteiger partial charge on any atom is 0.246 e. The molecular formula is C35H54N8O6. The van der Waals surface area contributed by atoms with Gasteiger partial charge in [-0.05, 0) is 70.9 Å². The second-order valence-corrected chi connectivity index (χ2v) is 14.1. The number of ether oxygens (including phenoxy) is 1. The summed E-state index contributed by atoms with van der Waals surface area (Å²) in [6, 6.07) is 7.92. The lowest BCUT2D eigenvalue weighted by Crippen LogP contribution is -2.44. The van der Waals surface area contributed by atoms with Crippen molar-refractivity contribution >= 4 is 29.5 Å². The van der Waals surface area contributed by atoms with Crippen molar-refractivity contribution < 1.29 is 28.7 Å². The molecule has 0 spiro atoms. The molecule has 1 aliphatic carbocycles. The number of carbonyl (C=O) groups is 5. The Kier molecular flexibility index (Phi) is 14.7. The van der Waals surface area contributed by atoms with Crippen LogP contribution in [-0.4, -0.2) is 75.3 Å². The number of fused-ring (bicyclic) bond motifs is 1. The van der Waals surface area contributed by atoms with Crippen LogP contribution in [0.1, 0.15) is 109 Å². The molecule has 1 aromatic carbocycles. The second-order valence-electron chi connectivity index (χ2n) is 14.1. The first kappa shape index (κ1) is 39.1. The van der Waals surface area contributed by atoms with Crippen molar-refractivity contribution in [1.82, 2.24) is 41.6 Å². The van der Waals surface area contributed by atoms with Gasteiger partial charge in [-0.25, -0.2) is 4.68 Å². The number of hydrogen-bond acceptors (Lipinski definition) is 8. The number of aryl methyl sites for hydroxylation is 1. The van der Waals surface area contributed by atoms with Crippen molar-refractivity contribution in [2.45, 2.75) is 123 Å². The number of benzene rings is 1. The lowest BCUT2D eigenvalue weighted by Gasteiger charge is -2.25. The van der Waals surface area contributed by atoms with Gasteiger partial charge in [0, 0.05) is 51.0 Å². The highest BCUT2D eigenvalue weighted by Crippen LogP contribution is 2.29. The van der Waals surface area contributed by atoms with Crippen molar-refractivity contribution in [3.8, 4) is 0 Å². The van der Waals surface area contributed by atoms with Gasteiger partial charge in [-0.1, -0.05) is 42.3 Å². The zero-order chi connectivity index (χ0) is 36.0. The Hall–Kier alpha value is -4.33. The van der Waals surface area contributed by atoms with E-state index in [1.165, 1.54) is 13.8 Å². The lowest BCUT2D eigenvalue weighted by molar-refractivity contribution is -0.129. The Balaban J connectivity index is 1.47. The molecule has 49 heavy (non-hydrogen) atoms. The van der Waals surface area contributed by atoms with E-state index in [2.05, 4.69) is 36.9 Å². The lowest BCUT2D eigenvalue weighted by atomic mass is 9.94. The summed E-state index contributed by atoms with van der Waals surface area (Å²) in [6.07, 6.45) is 5.16. The monoisotopic (exact) mass is 682 g/mol. The van der Waals surface area contributed by atoms with Crippen molar-refractivity contribution in [1.29, 1.82) is 0 Å². The first-order valence-electron chi connectivity index (χ1n) is 17.1. The highest BCUT2D eigenvalue weighted by atomic mass is 16.5. The standard InChI is InChI=1S/C35H54N8O6/c1-24(44)39-34(3,4)17-19-37-30(46)16-18-36-32(48)23-49-29-11-9-7-8-10-28-33(29)43(42-41-28)22-31(47)38-21-27-14-12-26(13-15-27)20-35(5,6)40-25(2)45/h12-15,29H,7-11,16-23H2,1-6H3,(H,36,48)(H,37,46)(H,38,47)(H,39,44)(H,40,45). The number of carbonyl (C=O) groups excluding carboxylic acids is 5. The fourth-order valence-corrected chi connectivity index (χ4v) is 5.98. The Morgan fingerprint density at radius 3 is 2.16 bits per heavy atom. The van der Waals surface area contributed by atoms with Crippen LogP contribution in [0.4, 0.5) is 0 Å². The summed E-state index contributed by atoms with van der Waals surface area (Å²) in [5.74, 6) is -0.959. The molecule has 1 aliphatic rings. The molecule has 1 heterocycles. The molecular weight excluding hydrogens is 628 g/mol. The van der Waals surface area contributed by atoms with Crippen LogP contribution in [-0.2, 0) is 54.6 Å². The average molecular weight is 683 g/mol. The van der Waals surface area contributed by atoms with Gasteiger partial charge in [0.05, 0.1) is 11.4 Å². The number of hydrogen-bond donors (Lipinski definition) is 5. The first-order valence-corrected chi connectivity index (χ1v) is 17.1. The molecule has 0 saturated carbocycles. The predicted octanol–water partition coefficient (Wildman–Crippen LogP) is 2.15. The van der Waals surface area contributed by atoms with Gasteiger partial charge in [-0.15, -0.1) is 5.10 Å². The van der Waals surface area contributed by atoms with Gasteiger partial charge in [-0.2, -0.15) is 0 Å². The van der Waals surface area contributed by atoms with Crippen LogP contribution in [0.15, 0.2) is 24.3 Å². The fourth-order valence-electron chi connectivity index (χ4n) is 5.98. The SMILES string of the molecule is CC(=O)NC(C)(C)CCNC(=O)CCNC(=O)COC1CCCCCc2nnn(CC(=O)NCc3ccc(CC(C)(C)NC(C)=O)cc3)c21. The highest BCUT2D eigenvalue weighted by molar-refractivity contribution is 5.79. The summed E-state index contributed by atoms with van der Waals surface area (Å²) in [6.45, 7) is 11.4. The van der Waals surface area contributed by atoms with E-state index in [9.17, 15) is 24.0 Å². The van der Waals surface area contributed by atoms with Gasteiger partial charge in [0.2, 0.25) is 29.5 Å². The minimum absolute atomic E-state index is 0.0332. The molecule has 14 heteroatoms. The number of aromatic nitrogens is 3. The minimum Gasteiger partial charge on any atom is -0.362 e. The average Bonchev–Trinajstić information content (AvgIpc) is 3.35. The third-order valence-corrected chi connectivity index (χ3v) is 8.17. The van der Waals surface area contributed by atoms with E-state index < -0.39 is 11.6 Å². The Labute approximate surface area is 289 Å². The summed E-state index contributed by atoms with van der Waals surface area (Å²) in [7, 11) is 0. The Morgan fingerprint density at radius 1 is 0.816 bits per heavy atom. The first-order chi connectivity index (χ1) is 23.1. The van der Waals surface area contributed by atoms with Crippen LogP contribution in [0.25, 0.3) is 0 Å². The zero-order valence-electron chi connectivity index (χ0n) is 29.9. The molecule has 1 atom stereocenters. The van der Waals surface area contributed by atoms with Crippen LogP contribution < -0.4 is 26.6 Å². The van der Waals surface area contributed by atoms with Crippen molar-refractivity contribution in [3.05, 3.63) is 46.8 Å². The predicted molar refractivity (Wildman–Crippen MR) is 184 cm³/mol. The summed E-state index contributed by atoms with van der Waals surface area (Å²) < 4.78 is 7.64. The third-order valence-electron chi connectivity index (χ3n) is 8.17. The molecule has 2 aromatic rings. The van der Waals surface area contributed by atoms with Gasteiger partial charge in [0.1, 0.15) is 19.3 Å². The van der Waals surface area contributed by atoms with Gasteiger partial charge < -0.3 is 31.3 Å². The van der Waals surface area contributed by atoms with Crippen LogP contribution in [0.2, 0.25) is 0 Å². The number of rotatable bonds is 17. The summed E-state index contributed by atoms with van der Waals surface area (Å²) in [5, 5.41) is 22.9. The van der Waals surface area contributed by atoms with Gasteiger partial charge >= 0.3 is 0 Å². The van der Waals surface area contributed by atoms with Gasteiger partial charge in [0.15, 0.2) is 0 Å². The summed E-state index contributed by atoms with van der Waals surface area (Å²) >= 11 is 0. The number of amides is 5. The van der Waals surface area contributed by atoms with Crippen LogP contribution in [0.3, 0.4) is 0 Å². The molecule has 14 nitrogen and oxygen atoms in total. The molecule has 1 unspecified atom stereocenters. The molecule has 3 rings (SSSR count). The molecule has 0 fully saturated rings. The Morgan fingerprint density at radius 2 is 1.47 bits per heavy atom. The van der Waals surface area contributed by atoms with E-state index in [1.807, 2.05) is 52.0 Å². The van der Waals surface area contributed by atoms with E-state index in [4.69, 9.17) is 4.74 Å². The Bertz CT molecular complexity index is 1440. The topological polar surface area (TPSA) is 185 Å². The molecule has 5 N–H and O–H groups in total. The highest BCUT2D eigenvalue weighted by Gasteiger charge is 2.27. The van der Waals surface area contributed by atoms with E-state index in [1.54, 1.807) is 4.68 Å². The maximum absolute atomic E-state index is 13.0. The molecule has 1 aromatic heterocycles. The van der Waals surface area contributed by atoms with Crippen LogP contribution in [0.5, 0.6) is 0 Å². The summed E-state index contributed by atoms with van der Waals surface area (Å²) in [5.41, 5.74) is 2.72. The molecule has 0 radical (unpaired) electrons. The number of nitrogens with zero attached hydrogens (tertiary/aromatic N) is 3. The molecule has 0 aliphatic heterocycles. The largest absolute Gasteiger partial charge is 0.362 e. The van der Waals surface area contributed by atoms with E-state index in [-0.39, 0.29) is 61.2 Å². The smallest absolute Gasteiger partial charge is 0.246 e. The molecule has 0 saturated heterocycles. The second kappa shape index (κ2) is 18.4. The van der Waals surface area contributed by atoms with Crippen molar-refractivity contribution in [2.24, 2.45) is 0 Å². The van der Waals surface area contributed by atoms with E-state index >= 15 is 0 Å². The fraction of sp³-hybridized carbons (Fsp3) is 0.629. The van der Waals surface area contributed by atoms with E-state index in [0.717, 1.165) is 41.8 Å². The molecule has 0 bridgehead atoms. The van der Waals surface area contributed by atoms with Gasteiger partial charge in [0.25, 0.3) is 0 Å². The normalized spacial score (nSPS) is 14.9. The summed E-state index contributed by atoms with van der Waals surface area (Å²) in [4.78, 5) is 60.6. The van der Waals surface area contributed by atoms with Crippen LogP contribution in [0, 0.1) is 0 Å². The maximum atomic E-state index is 13.0. The molecule has 270 valence electrons. The van der Waals surface area contributed by atoms with E-state index in [0.29, 0.717) is 38.8 Å².